The largest absolute Gasteiger partial charge is 0.493 e. The number of methoxy groups -OCH3 is 2. The molecule has 0 saturated heterocycles. The van der Waals surface area contributed by atoms with Crippen molar-refractivity contribution in [1.82, 2.24) is 10.1 Å². The lowest BCUT2D eigenvalue weighted by atomic mass is 10.2. The van der Waals surface area contributed by atoms with Gasteiger partial charge in [-0.3, -0.25) is 4.72 Å². The van der Waals surface area contributed by atoms with Crippen LogP contribution in [0.1, 0.15) is 17.3 Å². The molecule has 0 aliphatic carbocycles. The monoisotopic (exact) mass is 455 g/mol. The Kier molecular flexibility index (Phi) is 6.20. The van der Waals surface area contributed by atoms with Crippen molar-refractivity contribution in [3.63, 3.8) is 0 Å². The molecule has 0 aliphatic heterocycles. The normalized spacial score (nSPS) is 12.2. The minimum Gasteiger partial charge on any atom is -0.493 e. The molecule has 0 aliphatic rings. The molecule has 0 atom stereocenters. The third-order valence-electron chi connectivity index (χ3n) is 3.91. The molecular weight excluding hydrogens is 439 g/mol. The maximum atomic E-state index is 12.7. The van der Waals surface area contributed by atoms with Crippen molar-refractivity contribution in [2.45, 2.75) is 11.1 Å². The van der Waals surface area contributed by atoms with Gasteiger partial charge in [-0.15, -0.1) is 0 Å². The third-order valence-corrected chi connectivity index (χ3v) is 5.29. The molecule has 0 spiro atoms. The number of benzene rings is 2. The van der Waals surface area contributed by atoms with Gasteiger partial charge in [-0.05, 0) is 35.9 Å². The van der Waals surface area contributed by atoms with Gasteiger partial charge in [0.15, 0.2) is 17.3 Å². The van der Waals surface area contributed by atoms with Crippen molar-refractivity contribution in [2.75, 3.05) is 18.9 Å². The van der Waals surface area contributed by atoms with Crippen molar-refractivity contribution >= 4 is 27.9 Å². The number of nitrogens with one attached hydrogen (secondary N) is 1. The molecule has 1 aromatic heterocycles. The van der Waals surface area contributed by atoms with Crippen LogP contribution in [0, 0.1) is 0 Å². The number of ether oxygens (including phenoxy) is 2. The average Bonchev–Trinajstić information content (AvgIpc) is 3.22. The summed E-state index contributed by atoms with van der Waals surface area (Å²) in [6, 6.07) is 10.3. The zero-order valence-corrected chi connectivity index (χ0v) is 17.0. The zero-order valence-electron chi connectivity index (χ0n) is 16.2. The van der Waals surface area contributed by atoms with E-state index in [4.69, 9.17) is 9.47 Å². The Bertz CT molecular complexity index is 1210. The van der Waals surface area contributed by atoms with E-state index >= 15 is 0 Å². The van der Waals surface area contributed by atoms with E-state index in [2.05, 4.69) is 19.4 Å². The molecule has 1 N–H and O–H groups in total. The van der Waals surface area contributed by atoms with E-state index in [0.29, 0.717) is 17.1 Å². The number of anilines is 1. The molecule has 31 heavy (non-hydrogen) atoms. The van der Waals surface area contributed by atoms with Crippen LogP contribution in [0.15, 0.2) is 51.9 Å². The molecule has 0 fully saturated rings. The molecule has 0 radical (unpaired) electrons. The molecule has 3 rings (SSSR count). The maximum absolute atomic E-state index is 12.7. The standard InChI is InChI=1S/C19H16F3N3O5S/c1-28-15-8-7-13(11-16(15)29-2)25-31(26,27)14-5-3-4-12(10-14)6-9-17-23-18(30-24-17)19(20,21)22/h3-11,25H,1-2H3/b9-6+. The molecule has 3 aromatic rings. The van der Waals surface area contributed by atoms with Crippen LogP contribution >= 0.6 is 0 Å². The molecule has 8 nitrogen and oxygen atoms in total. The quantitative estimate of drug-likeness (QED) is 0.573. The van der Waals surface area contributed by atoms with Gasteiger partial charge in [-0.1, -0.05) is 23.4 Å². The minimum absolute atomic E-state index is 0.0615. The number of hydrogen-bond donors (Lipinski definition) is 1. The van der Waals surface area contributed by atoms with Crippen LogP contribution in [0.4, 0.5) is 18.9 Å². The van der Waals surface area contributed by atoms with E-state index in [0.717, 1.165) is 0 Å². The highest BCUT2D eigenvalue weighted by atomic mass is 32.2. The molecule has 2 aromatic carbocycles. The van der Waals surface area contributed by atoms with Gasteiger partial charge >= 0.3 is 12.1 Å². The Morgan fingerprint density at radius 2 is 1.77 bits per heavy atom. The first kappa shape index (κ1) is 22.2. The number of sulfonamides is 1. The zero-order chi connectivity index (χ0) is 22.6. The van der Waals surface area contributed by atoms with Gasteiger partial charge in [0.25, 0.3) is 10.0 Å². The summed E-state index contributed by atoms with van der Waals surface area (Å²) in [4.78, 5) is 3.15. The topological polar surface area (TPSA) is 104 Å². The molecular formula is C19H16F3N3O5S. The number of halogens is 3. The summed E-state index contributed by atoms with van der Waals surface area (Å²) >= 11 is 0. The van der Waals surface area contributed by atoms with Gasteiger partial charge < -0.3 is 14.0 Å². The smallest absolute Gasteiger partial charge is 0.471 e. The van der Waals surface area contributed by atoms with Gasteiger partial charge in [0.1, 0.15) is 0 Å². The highest BCUT2D eigenvalue weighted by Gasteiger charge is 2.38. The molecule has 0 bridgehead atoms. The number of aromatic nitrogens is 2. The van der Waals surface area contributed by atoms with Gasteiger partial charge in [0, 0.05) is 6.07 Å². The number of nitrogens with zero attached hydrogens (tertiary/aromatic N) is 2. The molecule has 12 heteroatoms. The van der Waals surface area contributed by atoms with Crippen LogP contribution in [0.5, 0.6) is 11.5 Å². The number of alkyl halides is 3. The Morgan fingerprint density at radius 3 is 2.42 bits per heavy atom. The fourth-order valence-corrected chi connectivity index (χ4v) is 3.59. The second-order valence-corrected chi connectivity index (χ2v) is 7.72. The number of hydrogen-bond acceptors (Lipinski definition) is 7. The average molecular weight is 455 g/mol. The molecule has 164 valence electrons. The summed E-state index contributed by atoms with van der Waals surface area (Å²) in [5.74, 6) is -0.989. The van der Waals surface area contributed by atoms with E-state index in [9.17, 15) is 21.6 Å². The van der Waals surface area contributed by atoms with Crippen LogP contribution in [0.2, 0.25) is 0 Å². The Balaban J connectivity index is 1.81. The lowest BCUT2D eigenvalue weighted by molar-refractivity contribution is -0.159. The second kappa shape index (κ2) is 8.68. The Hall–Kier alpha value is -3.54. The van der Waals surface area contributed by atoms with E-state index in [1.165, 1.54) is 56.7 Å². The molecule has 0 saturated carbocycles. The van der Waals surface area contributed by atoms with Crippen molar-refractivity contribution in [1.29, 1.82) is 0 Å². The van der Waals surface area contributed by atoms with Gasteiger partial charge in [-0.2, -0.15) is 18.2 Å². The summed E-state index contributed by atoms with van der Waals surface area (Å²) in [6.45, 7) is 0. The number of rotatable bonds is 7. The van der Waals surface area contributed by atoms with Crippen LogP contribution < -0.4 is 14.2 Å². The van der Waals surface area contributed by atoms with E-state index < -0.39 is 22.1 Å². The fraction of sp³-hybridized carbons (Fsp3) is 0.158. The van der Waals surface area contributed by atoms with Gasteiger partial charge in [-0.25, -0.2) is 8.42 Å². The molecule has 1 heterocycles. The minimum atomic E-state index is -4.75. The van der Waals surface area contributed by atoms with Crippen LogP contribution in [0.3, 0.4) is 0 Å². The van der Waals surface area contributed by atoms with Gasteiger partial charge in [0.2, 0.25) is 0 Å². The van der Waals surface area contributed by atoms with E-state index in [1.54, 1.807) is 12.1 Å². The van der Waals surface area contributed by atoms with Gasteiger partial charge in [0.05, 0.1) is 24.8 Å². The lowest BCUT2D eigenvalue weighted by Gasteiger charge is -2.12. The van der Waals surface area contributed by atoms with E-state index in [-0.39, 0.29) is 16.4 Å². The summed E-state index contributed by atoms with van der Waals surface area (Å²) in [5, 5.41) is 3.21. The van der Waals surface area contributed by atoms with Crippen molar-refractivity contribution in [2.24, 2.45) is 0 Å². The van der Waals surface area contributed by atoms with Crippen molar-refractivity contribution < 1.29 is 35.6 Å². The summed E-state index contributed by atoms with van der Waals surface area (Å²) in [7, 11) is -1.08. The van der Waals surface area contributed by atoms with Crippen molar-refractivity contribution in [3.05, 3.63) is 59.7 Å². The van der Waals surface area contributed by atoms with Crippen molar-refractivity contribution in [3.8, 4) is 11.5 Å². The highest BCUT2D eigenvalue weighted by molar-refractivity contribution is 7.92. The summed E-state index contributed by atoms with van der Waals surface area (Å²) in [5.41, 5.74) is 0.651. The van der Waals surface area contributed by atoms with Crippen LogP contribution in [-0.2, 0) is 16.2 Å². The second-order valence-electron chi connectivity index (χ2n) is 6.04. The fourth-order valence-electron chi connectivity index (χ4n) is 2.49. The first-order chi connectivity index (χ1) is 14.6. The lowest BCUT2D eigenvalue weighted by Crippen LogP contribution is -2.13. The Morgan fingerprint density at radius 1 is 1.03 bits per heavy atom. The van der Waals surface area contributed by atoms with Crippen LogP contribution in [0.25, 0.3) is 12.2 Å². The third kappa shape index (κ3) is 5.34. The molecule has 0 unspecified atom stereocenters. The predicted octanol–water partition coefficient (Wildman–Crippen LogP) is 4.08. The first-order valence-electron chi connectivity index (χ1n) is 8.56. The summed E-state index contributed by atoms with van der Waals surface area (Å²) < 4.78 is 79.8. The maximum Gasteiger partial charge on any atom is 0.471 e. The first-order valence-corrected chi connectivity index (χ1v) is 10.0. The molecule has 0 amide bonds. The van der Waals surface area contributed by atoms with E-state index in [1.807, 2.05) is 0 Å². The Labute approximate surface area is 175 Å². The highest BCUT2D eigenvalue weighted by Crippen LogP contribution is 2.31. The predicted molar refractivity (Wildman–Crippen MR) is 105 cm³/mol. The van der Waals surface area contributed by atoms with Crippen LogP contribution in [-0.4, -0.2) is 32.8 Å². The summed E-state index contributed by atoms with van der Waals surface area (Å²) in [6.07, 6.45) is -2.21. The SMILES string of the molecule is COc1ccc(NS(=O)(=O)c2cccc(/C=C/c3noc(C(F)(F)F)n3)c2)cc1OC.